The number of hydrogen-bond donors (Lipinski definition) is 1. The van der Waals surface area contributed by atoms with E-state index < -0.39 is 0 Å². The van der Waals surface area contributed by atoms with Gasteiger partial charge in [0.25, 0.3) is 0 Å². The molecule has 0 aromatic carbocycles. The van der Waals surface area contributed by atoms with Crippen LogP contribution in [0.2, 0.25) is 5.15 Å². The average Bonchev–Trinajstić information content (AvgIpc) is 2.71. The molecule has 1 aliphatic rings. The van der Waals surface area contributed by atoms with Crippen LogP contribution in [-0.4, -0.2) is 31.8 Å². The molecule has 1 fully saturated rings. The van der Waals surface area contributed by atoms with Crippen molar-refractivity contribution in [3.05, 3.63) is 17.3 Å². The van der Waals surface area contributed by atoms with Gasteiger partial charge in [-0.05, 0) is 18.6 Å². The minimum atomic E-state index is 0.486. The van der Waals surface area contributed by atoms with Gasteiger partial charge in [-0.2, -0.15) is 0 Å². The van der Waals surface area contributed by atoms with Gasteiger partial charge in [-0.25, -0.2) is 4.98 Å². The molecule has 16 heavy (non-hydrogen) atoms. The Morgan fingerprint density at radius 1 is 1.62 bits per heavy atom. The fourth-order valence-corrected chi connectivity index (χ4v) is 2.23. The lowest BCUT2D eigenvalue weighted by atomic mass is 10.1. The van der Waals surface area contributed by atoms with E-state index in [1.54, 1.807) is 19.2 Å². The molecule has 1 atom stereocenters. The summed E-state index contributed by atoms with van der Waals surface area (Å²) in [6.07, 6.45) is 1.11. The lowest BCUT2D eigenvalue weighted by Crippen LogP contribution is -2.23. The molecule has 1 aromatic heterocycles. The third kappa shape index (κ3) is 2.39. The van der Waals surface area contributed by atoms with Crippen LogP contribution in [0, 0.1) is 5.92 Å². The third-order valence-electron chi connectivity index (χ3n) is 2.86. The zero-order valence-corrected chi connectivity index (χ0v) is 10.1. The quantitative estimate of drug-likeness (QED) is 0.820. The predicted octanol–water partition coefficient (Wildman–Crippen LogP) is 1.79. The van der Waals surface area contributed by atoms with E-state index in [4.69, 9.17) is 22.1 Å². The molecule has 1 aliphatic heterocycles. The highest BCUT2D eigenvalue weighted by atomic mass is 35.5. The molecule has 0 amide bonds. The largest absolute Gasteiger partial charge is 0.396 e. The third-order valence-corrected chi connectivity index (χ3v) is 3.07. The number of methoxy groups -OCH3 is 1. The molecule has 1 aromatic rings. The maximum atomic E-state index is 5.89. The molecule has 1 saturated heterocycles. The normalized spacial score (nSPS) is 20.4. The molecular formula is C11H16ClN3O. The number of nitrogen functional groups attached to an aromatic ring is 1. The smallest absolute Gasteiger partial charge is 0.153 e. The second-order valence-electron chi connectivity index (χ2n) is 4.10. The molecule has 2 rings (SSSR count). The van der Waals surface area contributed by atoms with Crippen molar-refractivity contribution in [3.63, 3.8) is 0 Å². The minimum absolute atomic E-state index is 0.486. The summed E-state index contributed by atoms with van der Waals surface area (Å²) in [4.78, 5) is 6.45. The van der Waals surface area contributed by atoms with Crippen LogP contribution in [0.5, 0.6) is 0 Å². The Morgan fingerprint density at radius 3 is 3.19 bits per heavy atom. The fourth-order valence-electron chi connectivity index (χ4n) is 2.09. The second-order valence-corrected chi connectivity index (χ2v) is 4.49. The van der Waals surface area contributed by atoms with E-state index in [9.17, 15) is 0 Å². The monoisotopic (exact) mass is 241 g/mol. The van der Waals surface area contributed by atoms with Gasteiger partial charge in [-0.3, -0.25) is 0 Å². The number of hydrogen-bond acceptors (Lipinski definition) is 4. The lowest BCUT2D eigenvalue weighted by molar-refractivity contribution is 0.161. The van der Waals surface area contributed by atoms with Gasteiger partial charge < -0.3 is 15.4 Å². The van der Waals surface area contributed by atoms with E-state index in [-0.39, 0.29) is 0 Å². The lowest BCUT2D eigenvalue weighted by Gasteiger charge is -2.19. The summed E-state index contributed by atoms with van der Waals surface area (Å²) < 4.78 is 5.16. The maximum Gasteiger partial charge on any atom is 0.153 e. The molecule has 2 heterocycles. The molecule has 4 nitrogen and oxygen atoms in total. The molecule has 2 N–H and O–H groups in total. The van der Waals surface area contributed by atoms with Crippen molar-refractivity contribution in [1.82, 2.24) is 4.98 Å². The van der Waals surface area contributed by atoms with Crippen molar-refractivity contribution in [1.29, 1.82) is 0 Å². The summed E-state index contributed by atoms with van der Waals surface area (Å²) >= 11 is 5.87. The van der Waals surface area contributed by atoms with E-state index in [0.29, 0.717) is 16.8 Å². The number of rotatable bonds is 3. The molecular weight excluding hydrogens is 226 g/mol. The van der Waals surface area contributed by atoms with E-state index in [1.807, 2.05) is 0 Å². The Kier molecular flexibility index (Phi) is 3.51. The zero-order chi connectivity index (χ0) is 11.5. The number of nitrogens with zero attached hydrogens (tertiary/aromatic N) is 2. The summed E-state index contributed by atoms with van der Waals surface area (Å²) in [6.45, 7) is 2.69. The Morgan fingerprint density at radius 2 is 2.44 bits per heavy atom. The molecule has 0 spiro atoms. The number of nitrogens with two attached hydrogens (primary N) is 1. The Hall–Kier alpha value is -1.00. The number of anilines is 2. The van der Waals surface area contributed by atoms with Crippen LogP contribution in [0.3, 0.4) is 0 Å². The summed E-state index contributed by atoms with van der Waals surface area (Å²) in [5.74, 6) is 1.36. The first kappa shape index (κ1) is 11.5. The molecule has 5 heteroatoms. The van der Waals surface area contributed by atoms with E-state index >= 15 is 0 Å². The van der Waals surface area contributed by atoms with Gasteiger partial charge in [0.2, 0.25) is 0 Å². The van der Waals surface area contributed by atoms with Crippen LogP contribution in [0.15, 0.2) is 12.1 Å². The predicted molar refractivity (Wildman–Crippen MR) is 65.9 cm³/mol. The molecule has 88 valence electrons. The highest BCUT2D eigenvalue weighted by Crippen LogP contribution is 2.28. The van der Waals surface area contributed by atoms with Crippen molar-refractivity contribution >= 4 is 23.1 Å². The summed E-state index contributed by atoms with van der Waals surface area (Å²) in [7, 11) is 1.73. The van der Waals surface area contributed by atoms with Crippen molar-refractivity contribution in [2.24, 2.45) is 5.92 Å². The first-order chi connectivity index (χ1) is 7.70. The summed E-state index contributed by atoms with van der Waals surface area (Å²) in [5.41, 5.74) is 6.58. The van der Waals surface area contributed by atoms with Gasteiger partial charge in [0.1, 0.15) is 5.15 Å². The first-order valence-electron chi connectivity index (χ1n) is 5.36. The fraction of sp³-hybridized carbons (Fsp3) is 0.545. The van der Waals surface area contributed by atoms with Gasteiger partial charge in [0, 0.05) is 26.1 Å². The number of halogens is 1. The number of pyridine rings is 1. The van der Waals surface area contributed by atoms with Crippen molar-refractivity contribution in [2.75, 3.05) is 37.4 Å². The highest BCUT2D eigenvalue weighted by molar-refractivity contribution is 6.29. The molecule has 0 radical (unpaired) electrons. The van der Waals surface area contributed by atoms with Gasteiger partial charge in [-0.15, -0.1) is 0 Å². The Bertz CT molecular complexity index is 372. The topological polar surface area (TPSA) is 51.4 Å². The van der Waals surface area contributed by atoms with Crippen LogP contribution in [-0.2, 0) is 4.74 Å². The molecule has 1 unspecified atom stereocenters. The van der Waals surface area contributed by atoms with Gasteiger partial charge >= 0.3 is 0 Å². The van der Waals surface area contributed by atoms with Crippen LogP contribution < -0.4 is 10.6 Å². The van der Waals surface area contributed by atoms with E-state index in [2.05, 4.69) is 9.88 Å². The minimum Gasteiger partial charge on any atom is -0.396 e. The van der Waals surface area contributed by atoms with Crippen molar-refractivity contribution < 1.29 is 4.74 Å². The van der Waals surface area contributed by atoms with Crippen LogP contribution >= 0.6 is 11.6 Å². The summed E-state index contributed by atoms with van der Waals surface area (Å²) in [6, 6.07) is 3.51. The standard InChI is InChI=1S/C11H16ClN3O/c1-16-7-8-4-5-15(6-8)11-9(13)2-3-10(12)14-11/h2-3,8H,4-7,13H2,1H3. The molecule has 0 saturated carbocycles. The van der Waals surface area contributed by atoms with E-state index in [1.165, 1.54) is 0 Å². The van der Waals surface area contributed by atoms with Gasteiger partial charge in [0.15, 0.2) is 5.82 Å². The van der Waals surface area contributed by atoms with E-state index in [0.717, 1.165) is 31.9 Å². The van der Waals surface area contributed by atoms with Gasteiger partial charge in [-0.1, -0.05) is 11.6 Å². The number of ether oxygens (including phenoxy) is 1. The average molecular weight is 242 g/mol. The summed E-state index contributed by atoms with van der Waals surface area (Å²) in [5, 5.41) is 0.486. The Labute approximate surface area is 100 Å². The van der Waals surface area contributed by atoms with Crippen LogP contribution in [0.4, 0.5) is 11.5 Å². The Balaban J connectivity index is 2.11. The first-order valence-corrected chi connectivity index (χ1v) is 5.74. The number of aromatic nitrogens is 1. The zero-order valence-electron chi connectivity index (χ0n) is 9.32. The van der Waals surface area contributed by atoms with Crippen LogP contribution in [0.1, 0.15) is 6.42 Å². The second kappa shape index (κ2) is 4.89. The maximum absolute atomic E-state index is 5.89. The van der Waals surface area contributed by atoms with Crippen molar-refractivity contribution in [3.8, 4) is 0 Å². The SMILES string of the molecule is COCC1CCN(c2nc(Cl)ccc2N)C1. The van der Waals surface area contributed by atoms with Gasteiger partial charge in [0.05, 0.1) is 12.3 Å². The molecule has 0 bridgehead atoms. The molecule has 0 aliphatic carbocycles. The highest BCUT2D eigenvalue weighted by Gasteiger charge is 2.24. The van der Waals surface area contributed by atoms with Crippen LogP contribution in [0.25, 0.3) is 0 Å². The van der Waals surface area contributed by atoms with Crippen molar-refractivity contribution in [2.45, 2.75) is 6.42 Å².